The average Bonchev–Trinajstić information content (AvgIpc) is 3.07. The summed E-state index contributed by atoms with van der Waals surface area (Å²) in [5, 5.41) is 11.9. The fraction of sp³-hybridized carbons (Fsp3) is 0.683. The number of carboxylic acid groups (broad SMARTS) is 1. The van der Waals surface area contributed by atoms with Gasteiger partial charge in [0.25, 0.3) is 0 Å². The second kappa shape index (κ2) is 35.4. The Morgan fingerprint density at radius 3 is 1.83 bits per heavy atom. The molecule has 0 aromatic heterocycles. The van der Waals surface area contributed by atoms with E-state index in [4.69, 9.17) is 10.5 Å². The molecule has 0 fully saturated rings. The van der Waals surface area contributed by atoms with E-state index in [0.29, 0.717) is 38.6 Å². The molecule has 274 valence electrons. The van der Waals surface area contributed by atoms with Crippen molar-refractivity contribution in [1.82, 2.24) is 5.32 Å². The largest absolute Gasteiger partial charge is 0.480 e. The Kier molecular flexibility index (Phi) is 33.2. The summed E-state index contributed by atoms with van der Waals surface area (Å²) in [7, 11) is 0. The van der Waals surface area contributed by atoms with E-state index in [9.17, 15) is 19.5 Å². The maximum atomic E-state index is 12.6. The molecule has 2 unspecified atom stereocenters. The highest BCUT2D eigenvalue weighted by Crippen LogP contribution is 2.15. The minimum absolute atomic E-state index is 0.112. The lowest BCUT2D eigenvalue weighted by molar-refractivity contribution is -0.147. The average molecular weight is 671 g/mol. The van der Waals surface area contributed by atoms with E-state index in [0.717, 1.165) is 96.3 Å². The molecule has 0 aliphatic rings. The highest BCUT2D eigenvalue weighted by atomic mass is 16.5. The molecule has 4 N–H and O–H groups in total. The summed E-state index contributed by atoms with van der Waals surface area (Å²) >= 11 is 0. The zero-order chi connectivity index (χ0) is 35.3. The lowest BCUT2D eigenvalue weighted by atomic mass is 10.1. The van der Waals surface area contributed by atoms with Crippen LogP contribution in [0.15, 0.2) is 60.8 Å². The SMILES string of the molecule is CC/C=C\C/C=C\C/C=C\C/C=C\CCCCCCCCC(=O)OC(/C=C\CCCC)CCCCCCC(=O)NC(CCCN)C(=O)O. The van der Waals surface area contributed by atoms with Gasteiger partial charge in [-0.1, -0.05) is 120 Å². The molecule has 0 rings (SSSR count). The minimum atomic E-state index is -1.02. The van der Waals surface area contributed by atoms with Crippen molar-refractivity contribution in [2.75, 3.05) is 6.54 Å². The van der Waals surface area contributed by atoms with Crippen molar-refractivity contribution in [1.29, 1.82) is 0 Å². The predicted molar refractivity (Wildman–Crippen MR) is 202 cm³/mol. The maximum Gasteiger partial charge on any atom is 0.326 e. The van der Waals surface area contributed by atoms with Gasteiger partial charge < -0.3 is 20.9 Å². The van der Waals surface area contributed by atoms with Crippen LogP contribution < -0.4 is 11.1 Å². The van der Waals surface area contributed by atoms with Crippen LogP contribution in [0.5, 0.6) is 0 Å². The van der Waals surface area contributed by atoms with Gasteiger partial charge in [-0.05, 0) is 96.1 Å². The Labute approximate surface area is 293 Å². The fourth-order valence-electron chi connectivity index (χ4n) is 5.16. The van der Waals surface area contributed by atoms with E-state index in [1.54, 1.807) is 0 Å². The smallest absolute Gasteiger partial charge is 0.326 e. The van der Waals surface area contributed by atoms with Crippen LogP contribution in [-0.2, 0) is 19.1 Å². The Morgan fingerprint density at radius 2 is 1.21 bits per heavy atom. The molecule has 0 spiro atoms. The molecule has 2 atom stereocenters. The molecule has 48 heavy (non-hydrogen) atoms. The monoisotopic (exact) mass is 671 g/mol. The van der Waals surface area contributed by atoms with Crippen LogP contribution in [0.1, 0.15) is 162 Å². The van der Waals surface area contributed by atoms with Gasteiger partial charge in [0.05, 0.1) is 0 Å². The van der Waals surface area contributed by atoms with Gasteiger partial charge in [0.2, 0.25) is 5.91 Å². The standard InChI is InChI=1S/C41H70N2O5/c1-3-5-7-9-10-11-12-13-14-15-16-17-18-19-20-21-22-23-29-35-40(45)48-37(31-26-8-6-4-2)32-27-24-25-28-34-39(44)43-38(41(46)47)33-30-36-42/h5,7,10-11,13-14,16-17,26,31,37-38H,3-4,6,8-9,12,15,18-25,27-30,32-36,42H2,1-2H3,(H,43,44)(H,46,47)/b7-5-,11-10-,14-13-,17-16-,31-26-. The third-order valence-corrected chi connectivity index (χ3v) is 8.05. The first-order valence-electron chi connectivity index (χ1n) is 19.1. The molecular weight excluding hydrogens is 600 g/mol. The number of ether oxygens (including phenoxy) is 1. The number of esters is 1. The number of carboxylic acids is 1. The Hall–Kier alpha value is -2.93. The molecule has 0 heterocycles. The summed E-state index contributed by atoms with van der Waals surface area (Å²) in [5.74, 6) is -1.36. The Morgan fingerprint density at radius 1 is 0.646 bits per heavy atom. The summed E-state index contributed by atoms with van der Waals surface area (Å²) in [6, 6.07) is -0.872. The van der Waals surface area contributed by atoms with Gasteiger partial charge in [0.1, 0.15) is 12.1 Å². The van der Waals surface area contributed by atoms with Crippen molar-refractivity contribution in [3.05, 3.63) is 60.8 Å². The molecule has 0 saturated carbocycles. The van der Waals surface area contributed by atoms with Crippen molar-refractivity contribution in [2.24, 2.45) is 5.73 Å². The number of hydrogen-bond acceptors (Lipinski definition) is 5. The second-order valence-electron chi connectivity index (χ2n) is 12.6. The van der Waals surface area contributed by atoms with E-state index in [1.165, 1.54) is 19.3 Å². The third kappa shape index (κ3) is 31.7. The maximum absolute atomic E-state index is 12.6. The van der Waals surface area contributed by atoms with Crippen LogP contribution in [0.25, 0.3) is 0 Å². The van der Waals surface area contributed by atoms with Gasteiger partial charge in [-0.3, -0.25) is 9.59 Å². The van der Waals surface area contributed by atoms with Crippen LogP contribution in [0, 0.1) is 0 Å². The van der Waals surface area contributed by atoms with Crippen LogP contribution in [-0.4, -0.2) is 41.6 Å². The predicted octanol–water partition coefficient (Wildman–Crippen LogP) is 10.2. The van der Waals surface area contributed by atoms with Crippen molar-refractivity contribution in [2.45, 2.75) is 174 Å². The molecular formula is C41H70N2O5. The van der Waals surface area contributed by atoms with Gasteiger partial charge in [-0.2, -0.15) is 0 Å². The normalized spacial score (nSPS) is 13.4. The molecule has 1 amide bonds. The van der Waals surface area contributed by atoms with E-state index in [2.05, 4.69) is 73.8 Å². The Bertz CT molecular complexity index is 937. The summed E-state index contributed by atoms with van der Waals surface area (Å²) in [4.78, 5) is 36.0. The highest BCUT2D eigenvalue weighted by molar-refractivity contribution is 5.83. The number of aliphatic carboxylic acids is 1. The number of rotatable bonds is 33. The number of allylic oxidation sites excluding steroid dienone is 9. The first-order valence-corrected chi connectivity index (χ1v) is 19.1. The van der Waals surface area contributed by atoms with Gasteiger partial charge >= 0.3 is 11.9 Å². The van der Waals surface area contributed by atoms with Crippen LogP contribution in [0.2, 0.25) is 0 Å². The topological polar surface area (TPSA) is 119 Å². The Balaban J connectivity index is 4.08. The van der Waals surface area contributed by atoms with Gasteiger partial charge in [-0.25, -0.2) is 4.79 Å². The number of carbonyl (C=O) groups excluding carboxylic acids is 2. The molecule has 0 saturated heterocycles. The van der Waals surface area contributed by atoms with Crippen LogP contribution in [0.4, 0.5) is 0 Å². The summed E-state index contributed by atoms with van der Waals surface area (Å²) < 4.78 is 5.84. The number of amides is 1. The number of nitrogens with one attached hydrogen (secondary N) is 1. The minimum Gasteiger partial charge on any atom is -0.480 e. The molecule has 7 heteroatoms. The lowest BCUT2D eigenvalue weighted by Crippen LogP contribution is -2.40. The number of nitrogens with two attached hydrogens (primary N) is 1. The third-order valence-electron chi connectivity index (χ3n) is 8.05. The van der Waals surface area contributed by atoms with Crippen molar-refractivity contribution >= 4 is 17.8 Å². The number of carbonyl (C=O) groups is 3. The molecule has 0 aromatic carbocycles. The van der Waals surface area contributed by atoms with Gasteiger partial charge in [0.15, 0.2) is 0 Å². The lowest BCUT2D eigenvalue weighted by Gasteiger charge is -2.15. The van der Waals surface area contributed by atoms with Crippen molar-refractivity contribution in [3.63, 3.8) is 0 Å². The second-order valence-corrected chi connectivity index (χ2v) is 12.6. The van der Waals surface area contributed by atoms with E-state index in [1.807, 2.05) is 6.08 Å². The highest BCUT2D eigenvalue weighted by Gasteiger charge is 2.19. The molecule has 0 aliphatic heterocycles. The first-order chi connectivity index (χ1) is 23.4. The summed E-state index contributed by atoms with van der Waals surface area (Å²) in [5.41, 5.74) is 5.46. The quantitative estimate of drug-likeness (QED) is 0.0363. The van der Waals surface area contributed by atoms with E-state index >= 15 is 0 Å². The molecule has 0 bridgehead atoms. The molecule has 0 aromatic rings. The molecule has 0 aliphatic carbocycles. The molecule has 0 radical (unpaired) electrons. The van der Waals surface area contributed by atoms with E-state index < -0.39 is 12.0 Å². The fourth-order valence-corrected chi connectivity index (χ4v) is 5.16. The molecule has 7 nitrogen and oxygen atoms in total. The van der Waals surface area contributed by atoms with Gasteiger partial charge in [0, 0.05) is 12.8 Å². The zero-order valence-electron chi connectivity index (χ0n) is 30.6. The van der Waals surface area contributed by atoms with Crippen LogP contribution in [0.3, 0.4) is 0 Å². The first kappa shape index (κ1) is 45.1. The summed E-state index contributed by atoms with van der Waals surface area (Å²) in [6.07, 6.45) is 43.0. The van der Waals surface area contributed by atoms with Crippen molar-refractivity contribution < 1.29 is 24.2 Å². The van der Waals surface area contributed by atoms with E-state index in [-0.39, 0.29) is 18.0 Å². The zero-order valence-corrected chi connectivity index (χ0v) is 30.6. The van der Waals surface area contributed by atoms with Gasteiger partial charge in [-0.15, -0.1) is 0 Å². The van der Waals surface area contributed by atoms with Crippen LogP contribution >= 0.6 is 0 Å². The number of hydrogen-bond donors (Lipinski definition) is 3. The van der Waals surface area contributed by atoms with Crippen molar-refractivity contribution in [3.8, 4) is 0 Å². The summed E-state index contributed by atoms with van der Waals surface area (Å²) in [6.45, 7) is 4.72. The number of unbranched alkanes of at least 4 members (excludes halogenated alkanes) is 11.